The molecule has 0 spiro atoms. The quantitative estimate of drug-likeness (QED) is 0.537. The average Bonchev–Trinajstić information content (AvgIpc) is 2.81. The van der Waals surface area contributed by atoms with Crippen LogP contribution in [0.5, 0.6) is 5.88 Å². The molecule has 33 heavy (non-hydrogen) atoms. The third kappa shape index (κ3) is 4.06. The van der Waals surface area contributed by atoms with E-state index in [9.17, 15) is 0 Å². The maximum atomic E-state index is 5.41. The van der Waals surface area contributed by atoms with Crippen molar-refractivity contribution in [2.45, 2.75) is 82.7 Å². The zero-order valence-electron chi connectivity index (χ0n) is 20.1. The van der Waals surface area contributed by atoms with Crippen LogP contribution in [0.1, 0.15) is 81.4 Å². The molecule has 0 saturated heterocycles. The van der Waals surface area contributed by atoms with Crippen LogP contribution in [0.3, 0.4) is 0 Å². The fraction of sp³-hybridized carbons (Fsp3) is 0.586. The van der Waals surface area contributed by atoms with Gasteiger partial charge in [-0.2, -0.15) is 0 Å². The van der Waals surface area contributed by atoms with Crippen LogP contribution < -0.4 is 10.1 Å². The summed E-state index contributed by atoms with van der Waals surface area (Å²) < 4.78 is 5.41. The number of unbranched alkanes of at least 4 members (excludes halogenated alkanes) is 1. The Bertz CT molecular complexity index is 1010. The van der Waals surface area contributed by atoms with Crippen LogP contribution >= 0.6 is 0 Å². The first-order valence-electron chi connectivity index (χ1n) is 13.1. The number of fused-ring (bicyclic) bond motifs is 1. The maximum absolute atomic E-state index is 5.41. The fourth-order valence-corrected chi connectivity index (χ4v) is 7.64. The number of pyridine rings is 1. The number of rotatable bonds is 7. The average molecular weight is 444 g/mol. The number of nitrogens with zero attached hydrogens (tertiary/aromatic N) is 2. The third-order valence-electron chi connectivity index (χ3n) is 8.69. The van der Waals surface area contributed by atoms with E-state index in [1.165, 1.54) is 68.2 Å². The molecule has 0 amide bonds. The van der Waals surface area contributed by atoms with Crippen molar-refractivity contribution in [1.82, 2.24) is 4.98 Å². The van der Waals surface area contributed by atoms with Crippen molar-refractivity contribution in [3.63, 3.8) is 0 Å². The number of benzene rings is 1. The number of aliphatic imine (C=N–C) groups is 1. The molecule has 1 aliphatic heterocycles. The molecule has 174 valence electrons. The molecule has 2 heterocycles. The molecule has 1 aromatic carbocycles. The van der Waals surface area contributed by atoms with Crippen LogP contribution in [0.4, 0.5) is 5.69 Å². The number of methoxy groups -OCH3 is 1. The van der Waals surface area contributed by atoms with Gasteiger partial charge in [0.25, 0.3) is 0 Å². The summed E-state index contributed by atoms with van der Waals surface area (Å²) in [7, 11) is 1.69. The smallest absolute Gasteiger partial charge is 0.213 e. The highest BCUT2D eigenvalue weighted by molar-refractivity contribution is 6.14. The molecule has 0 radical (unpaired) electrons. The highest BCUT2D eigenvalue weighted by atomic mass is 16.5. The van der Waals surface area contributed by atoms with Crippen molar-refractivity contribution in [3.05, 3.63) is 53.2 Å². The van der Waals surface area contributed by atoms with Gasteiger partial charge in [-0.25, -0.2) is 4.98 Å². The maximum Gasteiger partial charge on any atom is 0.213 e. The Morgan fingerprint density at radius 2 is 1.73 bits per heavy atom. The summed E-state index contributed by atoms with van der Waals surface area (Å²) in [5.41, 5.74) is 6.37. The van der Waals surface area contributed by atoms with E-state index in [-0.39, 0.29) is 0 Å². The molecule has 4 aliphatic carbocycles. The van der Waals surface area contributed by atoms with Gasteiger partial charge in [-0.3, -0.25) is 4.99 Å². The number of aromatic nitrogens is 1. The second-order valence-corrected chi connectivity index (χ2v) is 11.3. The monoisotopic (exact) mass is 443 g/mol. The number of hydrogen-bond acceptors (Lipinski definition) is 4. The molecular weight excluding hydrogens is 406 g/mol. The first-order chi connectivity index (χ1) is 16.1. The summed E-state index contributed by atoms with van der Waals surface area (Å²) in [6.07, 6.45) is 15.0. The number of hydrogen-bond donors (Lipinski definition) is 1. The highest BCUT2D eigenvalue weighted by Crippen LogP contribution is 2.56. The Hall–Kier alpha value is -2.36. The first kappa shape index (κ1) is 21.2. The molecular formula is C29H37N3O. The highest BCUT2D eigenvalue weighted by Gasteiger charge is 2.50. The lowest BCUT2D eigenvalue weighted by Gasteiger charge is -2.57. The first-order valence-corrected chi connectivity index (χ1v) is 13.1. The SMILES string of the molecule is CCCC[C@H]1Cc2cc(OC)ncc2C(c2ccc(NC34CC5CC(CC(C5)C3)C4)cc2)=N1. The molecule has 7 rings (SSSR count). The molecule has 1 atom stereocenters. The Balaban J connectivity index is 1.26. The van der Waals surface area contributed by atoms with Crippen LogP contribution in [0.2, 0.25) is 0 Å². The summed E-state index contributed by atoms with van der Waals surface area (Å²) in [4.78, 5) is 9.71. The minimum absolute atomic E-state index is 0.337. The standard InChI is InChI=1S/C29H37N3O/c1-3-4-5-25-13-23-14-27(33-2)30-18-26(23)28(31-25)22-6-8-24(9-7-22)32-29-15-19-10-20(16-29)12-21(11-19)17-29/h6-9,14,18-21,25,32H,3-5,10-13,15-17H2,1-2H3/t19?,20?,21?,25-,29?/m0/s1. The van der Waals surface area contributed by atoms with Crippen molar-refractivity contribution in [2.75, 3.05) is 12.4 Å². The zero-order valence-corrected chi connectivity index (χ0v) is 20.1. The zero-order chi connectivity index (χ0) is 22.4. The van der Waals surface area contributed by atoms with Gasteiger partial charge in [0.15, 0.2) is 0 Å². The van der Waals surface area contributed by atoms with Gasteiger partial charge >= 0.3 is 0 Å². The molecule has 4 fully saturated rings. The van der Waals surface area contributed by atoms with E-state index in [4.69, 9.17) is 9.73 Å². The molecule has 5 aliphatic rings. The Labute approximate surface area is 198 Å². The van der Waals surface area contributed by atoms with Crippen LogP contribution in [-0.4, -0.2) is 29.4 Å². The molecule has 4 saturated carbocycles. The van der Waals surface area contributed by atoms with Crippen molar-refractivity contribution in [1.29, 1.82) is 0 Å². The van der Waals surface area contributed by atoms with Gasteiger partial charge in [-0.05, 0) is 86.8 Å². The van der Waals surface area contributed by atoms with Gasteiger partial charge in [-0.15, -0.1) is 0 Å². The number of ether oxygens (including phenoxy) is 1. The normalized spacial score (nSPS) is 31.8. The van der Waals surface area contributed by atoms with E-state index >= 15 is 0 Å². The summed E-state index contributed by atoms with van der Waals surface area (Å²) in [5, 5.41) is 4.02. The van der Waals surface area contributed by atoms with Crippen LogP contribution in [0.15, 0.2) is 41.5 Å². The van der Waals surface area contributed by atoms with Crippen molar-refractivity contribution >= 4 is 11.4 Å². The van der Waals surface area contributed by atoms with Gasteiger partial charge in [0.1, 0.15) is 0 Å². The molecule has 4 nitrogen and oxygen atoms in total. The van der Waals surface area contributed by atoms with Crippen LogP contribution in [0.25, 0.3) is 0 Å². The van der Waals surface area contributed by atoms with E-state index in [2.05, 4.69) is 47.6 Å². The third-order valence-corrected chi connectivity index (χ3v) is 8.69. The molecule has 1 N–H and O–H groups in total. The van der Waals surface area contributed by atoms with Gasteiger partial charge in [0.05, 0.1) is 18.9 Å². The van der Waals surface area contributed by atoms with E-state index in [1.54, 1.807) is 7.11 Å². The predicted octanol–water partition coefficient (Wildman–Crippen LogP) is 6.42. The van der Waals surface area contributed by atoms with Crippen LogP contribution in [0, 0.1) is 17.8 Å². The fourth-order valence-electron chi connectivity index (χ4n) is 7.64. The summed E-state index contributed by atoms with van der Waals surface area (Å²) in [6.45, 7) is 2.25. The topological polar surface area (TPSA) is 46.5 Å². The summed E-state index contributed by atoms with van der Waals surface area (Å²) in [6, 6.07) is 11.5. The molecule has 1 aromatic heterocycles. The second kappa shape index (κ2) is 8.45. The number of nitrogens with one attached hydrogen (secondary N) is 1. The van der Waals surface area contributed by atoms with E-state index in [0.717, 1.165) is 41.9 Å². The van der Waals surface area contributed by atoms with Crippen LogP contribution in [-0.2, 0) is 6.42 Å². The Kier molecular flexibility index (Phi) is 5.43. The van der Waals surface area contributed by atoms with Crippen molar-refractivity contribution < 1.29 is 4.74 Å². The summed E-state index contributed by atoms with van der Waals surface area (Å²) >= 11 is 0. The lowest BCUT2D eigenvalue weighted by molar-refractivity contribution is 0.0107. The molecule has 0 unspecified atom stereocenters. The van der Waals surface area contributed by atoms with Gasteiger partial charge in [0, 0.05) is 34.6 Å². The Morgan fingerprint density at radius 3 is 2.36 bits per heavy atom. The van der Waals surface area contributed by atoms with Gasteiger partial charge in [-0.1, -0.05) is 31.9 Å². The Morgan fingerprint density at radius 1 is 1.03 bits per heavy atom. The van der Waals surface area contributed by atoms with E-state index < -0.39 is 0 Å². The molecule has 4 heteroatoms. The lowest BCUT2D eigenvalue weighted by Crippen LogP contribution is -2.54. The van der Waals surface area contributed by atoms with Crippen molar-refractivity contribution in [3.8, 4) is 5.88 Å². The second-order valence-electron chi connectivity index (χ2n) is 11.3. The predicted molar refractivity (Wildman–Crippen MR) is 134 cm³/mol. The largest absolute Gasteiger partial charge is 0.481 e. The van der Waals surface area contributed by atoms with E-state index in [1.807, 2.05) is 6.20 Å². The summed E-state index contributed by atoms with van der Waals surface area (Å²) in [5.74, 6) is 3.57. The molecule has 2 aromatic rings. The lowest BCUT2D eigenvalue weighted by atomic mass is 9.53. The minimum Gasteiger partial charge on any atom is -0.481 e. The van der Waals surface area contributed by atoms with Crippen molar-refractivity contribution in [2.24, 2.45) is 22.7 Å². The minimum atomic E-state index is 0.337. The van der Waals surface area contributed by atoms with E-state index in [0.29, 0.717) is 17.5 Å². The van der Waals surface area contributed by atoms with Gasteiger partial charge < -0.3 is 10.1 Å². The van der Waals surface area contributed by atoms with Gasteiger partial charge in [0.2, 0.25) is 5.88 Å². The molecule has 4 bridgehead atoms. The number of anilines is 1.